The molecule has 0 unspecified atom stereocenters. The minimum Gasteiger partial charge on any atom is -0.451 e. The van der Waals surface area contributed by atoms with Gasteiger partial charge in [-0.2, -0.15) is 0 Å². The Morgan fingerprint density at radius 1 is 1.38 bits per heavy atom. The zero-order chi connectivity index (χ0) is 17.3. The quantitative estimate of drug-likeness (QED) is 0.473. The summed E-state index contributed by atoms with van der Waals surface area (Å²) in [5.41, 5.74) is 0.731. The summed E-state index contributed by atoms with van der Waals surface area (Å²) in [7, 11) is 1.67. The van der Waals surface area contributed by atoms with Gasteiger partial charge < -0.3 is 13.7 Å². The monoisotopic (exact) mass is 409 g/mol. The van der Waals surface area contributed by atoms with E-state index in [9.17, 15) is 9.59 Å². The number of thiophene rings is 1. The second-order valence-electron chi connectivity index (χ2n) is 4.96. The smallest absolute Gasteiger partial charge is 0.355 e. The summed E-state index contributed by atoms with van der Waals surface area (Å²) in [4.78, 5) is 24.3. The van der Waals surface area contributed by atoms with Crippen LogP contribution < -0.4 is 0 Å². The number of nitrogens with zero attached hydrogens (tertiary/aromatic N) is 3. The van der Waals surface area contributed by atoms with Crippen molar-refractivity contribution in [2.45, 2.75) is 13.5 Å². The second kappa shape index (κ2) is 6.70. The van der Waals surface area contributed by atoms with E-state index >= 15 is 0 Å². The topological polar surface area (TPSA) is 87.2 Å². The van der Waals surface area contributed by atoms with E-state index in [-0.39, 0.29) is 24.0 Å². The first-order chi connectivity index (χ1) is 11.4. The first-order valence-electron chi connectivity index (χ1n) is 6.86. The van der Waals surface area contributed by atoms with Crippen LogP contribution in [0.3, 0.4) is 0 Å². The molecule has 124 valence electrons. The van der Waals surface area contributed by atoms with Gasteiger partial charge in [0.05, 0.1) is 8.66 Å². The molecule has 0 aliphatic heterocycles. The van der Waals surface area contributed by atoms with Gasteiger partial charge in [-0.05, 0) is 41.1 Å². The van der Waals surface area contributed by atoms with Crippen LogP contribution in [-0.4, -0.2) is 26.5 Å². The number of carbonyl (C=O) groups excluding carboxylic acids is 2. The minimum absolute atomic E-state index is 0.117. The molecule has 7 nitrogen and oxygen atoms in total. The first-order valence-corrected chi connectivity index (χ1v) is 8.47. The third-order valence-electron chi connectivity index (χ3n) is 3.20. The van der Waals surface area contributed by atoms with E-state index in [1.165, 1.54) is 24.3 Å². The largest absolute Gasteiger partial charge is 0.451 e. The Balaban J connectivity index is 1.66. The first kappa shape index (κ1) is 16.6. The van der Waals surface area contributed by atoms with Crippen molar-refractivity contribution in [3.63, 3.8) is 0 Å². The molecule has 3 aromatic rings. The van der Waals surface area contributed by atoms with Gasteiger partial charge in [-0.3, -0.25) is 4.79 Å². The molecule has 0 aromatic carbocycles. The number of halogens is 1. The number of Topliss-reactive ketones (excluding diaryl/α,β-unsaturated/α-hetero) is 1. The standard InChI is InChI=1S/C15H12BrN3O4S/c1-8(20)9-5-10(19(2)6-9)15(21)22-7-13-17-18-14(23-13)11-3-4-12(16)24-11/h3-6H,7H2,1-2H3. The molecule has 0 saturated heterocycles. The Kier molecular flexibility index (Phi) is 4.63. The molecule has 3 rings (SSSR count). The molecule has 0 radical (unpaired) electrons. The Bertz CT molecular complexity index is 912. The van der Waals surface area contributed by atoms with Gasteiger partial charge in [-0.1, -0.05) is 0 Å². The summed E-state index contributed by atoms with van der Waals surface area (Å²) in [6.07, 6.45) is 1.58. The van der Waals surface area contributed by atoms with Gasteiger partial charge in [0.25, 0.3) is 11.8 Å². The normalized spacial score (nSPS) is 10.8. The third kappa shape index (κ3) is 3.46. The fourth-order valence-electron chi connectivity index (χ4n) is 2.00. The fraction of sp³-hybridized carbons (Fsp3) is 0.200. The van der Waals surface area contributed by atoms with Crippen molar-refractivity contribution in [2.75, 3.05) is 0 Å². The van der Waals surface area contributed by atoms with Crippen LogP contribution in [-0.2, 0) is 18.4 Å². The maximum absolute atomic E-state index is 12.1. The molecule has 3 heterocycles. The fourth-order valence-corrected chi connectivity index (χ4v) is 3.31. The second-order valence-corrected chi connectivity index (χ2v) is 7.42. The Morgan fingerprint density at radius 3 is 2.79 bits per heavy atom. The number of ether oxygens (including phenoxy) is 1. The maximum atomic E-state index is 12.1. The van der Waals surface area contributed by atoms with Crippen molar-refractivity contribution in [2.24, 2.45) is 7.05 Å². The molecule has 0 saturated carbocycles. The highest BCUT2D eigenvalue weighted by molar-refractivity contribution is 9.11. The number of aromatic nitrogens is 3. The van der Waals surface area contributed by atoms with Gasteiger partial charge in [0.2, 0.25) is 0 Å². The lowest BCUT2D eigenvalue weighted by Gasteiger charge is -2.02. The van der Waals surface area contributed by atoms with Crippen molar-refractivity contribution < 1.29 is 18.7 Å². The van der Waals surface area contributed by atoms with Crippen LogP contribution in [0.2, 0.25) is 0 Å². The molecule has 0 fully saturated rings. The summed E-state index contributed by atoms with van der Waals surface area (Å²) in [5.74, 6) is -0.115. The van der Waals surface area contributed by atoms with Crippen molar-refractivity contribution in [3.8, 4) is 10.8 Å². The number of aryl methyl sites for hydroxylation is 1. The molecular weight excluding hydrogens is 398 g/mol. The lowest BCUT2D eigenvalue weighted by atomic mass is 10.2. The average Bonchev–Trinajstić information content (AvgIpc) is 3.24. The van der Waals surface area contributed by atoms with Crippen LogP contribution >= 0.6 is 27.3 Å². The van der Waals surface area contributed by atoms with E-state index in [4.69, 9.17) is 9.15 Å². The van der Waals surface area contributed by atoms with Gasteiger partial charge in [0.15, 0.2) is 12.4 Å². The van der Waals surface area contributed by atoms with Crippen molar-refractivity contribution in [1.29, 1.82) is 0 Å². The van der Waals surface area contributed by atoms with Crippen LogP contribution in [0.15, 0.2) is 32.6 Å². The molecule has 0 atom stereocenters. The van der Waals surface area contributed by atoms with Crippen molar-refractivity contribution in [3.05, 3.63) is 45.3 Å². The average molecular weight is 410 g/mol. The van der Waals surface area contributed by atoms with Crippen molar-refractivity contribution in [1.82, 2.24) is 14.8 Å². The molecular formula is C15H12BrN3O4S. The van der Waals surface area contributed by atoms with E-state index in [1.807, 2.05) is 12.1 Å². The van der Waals surface area contributed by atoms with E-state index in [2.05, 4.69) is 26.1 Å². The molecule has 24 heavy (non-hydrogen) atoms. The van der Waals surface area contributed by atoms with Crippen LogP contribution in [0.25, 0.3) is 10.8 Å². The number of esters is 1. The number of hydrogen-bond donors (Lipinski definition) is 0. The molecule has 0 aliphatic carbocycles. The lowest BCUT2D eigenvalue weighted by molar-refractivity contribution is 0.0427. The molecule has 0 aliphatic rings. The highest BCUT2D eigenvalue weighted by atomic mass is 79.9. The summed E-state index contributed by atoms with van der Waals surface area (Å²) in [6, 6.07) is 5.23. The van der Waals surface area contributed by atoms with Gasteiger partial charge in [-0.15, -0.1) is 21.5 Å². The van der Waals surface area contributed by atoms with Crippen molar-refractivity contribution >= 4 is 39.0 Å². The predicted molar refractivity (Wildman–Crippen MR) is 89.8 cm³/mol. The molecule has 0 spiro atoms. The zero-order valence-corrected chi connectivity index (χ0v) is 15.2. The molecule has 0 N–H and O–H groups in total. The zero-order valence-electron chi connectivity index (χ0n) is 12.8. The number of rotatable bonds is 5. The van der Waals surface area contributed by atoms with E-state index in [0.717, 1.165) is 8.66 Å². The lowest BCUT2D eigenvalue weighted by Crippen LogP contribution is -2.09. The van der Waals surface area contributed by atoms with E-state index in [0.29, 0.717) is 11.5 Å². The number of ketones is 1. The summed E-state index contributed by atoms with van der Waals surface area (Å²) < 4.78 is 13.1. The Labute approximate surface area is 149 Å². The predicted octanol–water partition coefficient (Wildman–Crippen LogP) is 3.46. The van der Waals surface area contributed by atoms with Crippen LogP contribution in [0.5, 0.6) is 0 Å². The highest BCUT2D eigenvalue weighted by Gasteiger charge is 2.17. The minimum atomic E-state index is -0.566. The Hall–Kier alpha value is -2.26. The summed E-state index contributed by atoms with van der Waals surface area (Å²) in [6.45, 7) is 1.30. The van der Waals surface area contributed by atoms with Gasteiger partial charge >= 0.3 is 5.97 Å². The number of hydrogen-bond acceptors (Lipinski definition) is 7. The van der Waals surface area contributed by atoms with E-state index in [1.54, 1.807) is 17.8 Å². The van der Waals surface area contributed by atoms with Gasteiger partial charge in [0.1, 0.15) is 5.69 Å². The summed E-state index contributed by atoms with van der Waals surface area (Å²) >= 11 is 4.82. The van der Waals surface area contributed by atoms with Gasteiger partial charge in [-0.25, -0.2) is 4.79 Å². The van der Waals surface area contributed by atoms with Crippen LogP contribution in [0, 0.1) is 0 Å². The Morgan fingerprint density at radius 2 is 2.17 bits per heavy atom. The third-order valence-corrected chi connectivity index (χ3v) is 4.81. The molecule has 3 aromatic heterocycles. The molecule has 0 amide bonds. The maximum Gasteiger partial charge on any atom is 0.355 e. The molecule has 9 heteroatoms. The van der Waals surface area contributed by atoms with Crippen LogP contribution in [0.1, 0.15) is 33.7 Å². The van der Waals surface area contributed by atoms with Crippen LogP contribution in [0.4, 0.5) is 0 Å². The molecule has 0 bridgehead atoms. The highest BCUT2D eigenvalue weighted by Crippen LogP contribution is 2.30. The van der Waals surface area contributed by atoms with E-state index < -0.39 is 5.97 Å². The summed E-state index contributed by atoms with van der Waals surface area (Å²) in [5, 5.41) is 7.79. The SMILES string of the molecule is CC(=O)c1cc(C(=O)OCc2nnc(-c3ccc(Br)s3)o2)n(C)c1. The van der Waals surface area contributed by atoms with Gasteiger partial charge in [0, 0.05) is 18.8 Å². The number of carbonyl (C=O) groups is 2.